The van der Waals surface area contributed by atoms with Gasteiger partial charge in [-0.2, -0.15) is 5.26 Å². The molecule has 4 heteroatoms. The number of thiazole rings is 1. The van der Waals surface area contributed by atoms with E-state index in [1.807, 2.05) is 23.6 Å². The Hall–Kier alpha value is -1.86. The molecular formula is C13H10N2OS. The van der Waals surface area contributed by atoms with Gasteiger partial charge in [-0.1, -0.05) is 17.4 Å². The lowest BCUT2D eigenvalue weighted by molar-refractivity contribution is 0.213. The number of nitriles is 1. The first-order valence-corrected chi connectivity index (χ1v) is 6.31. The van der Waals surface area contributed by atoms with Crippen LogP contribution in [0.1, 0.15) is 16.7 Å². The van der Waals surface area contributed by atoms with E-state index in [1.54, 1.807) is 6.20 Å². The minimum atomic E-state index is 0.157. The van der Waals surface area contributed by atoms with Gasteiger partial charge in [0.05, 0.1) is 11.6 Å². The molecule has 0 radical (unpaired) electrons. The van der Waals surface area contributed by atoms with Crippen molar-refractivity contribution in [2.75, 3.05) is 0 Å². The van der Waals surface area contributed by atoms with Crippen LogP contribution < -0.4 is 4.74 Å². The van der Waals surface area contributed by atoms with Gasteiger partial charge < -0.3 is 4.74 Å². The lowest BCUT2D eigenvalue weighted by Crippen LogP contribution is -2.15. The molecule has 84 valence electrons. The van der Waals surface area contributed by atoms with Crippen molar-refractivity contribution >= 4 is 11.3 Å². The fraction of sp³-hybridized carbons (Fsp3) is 0.231. The van der Waals surface area contributed by atoms with Crippen LogP contribution in [0.4, 0.5) is 0 Å². The minimum absolute atomic E-state index is 0.157. The van der Waals surface area contributed by atoms with E-state index in [0.29, 0.717) is 0 Å². The van der Waals surface area contributed by atoms with Gasteiger partial charge in [-0.25, -0.2) is 4.98 Å². The van der Waals surface area contributed by atoms with Crippen molar-refractivity contribution in [1.82, 2.24) is 4.98 Å². The van der Waals surface area contributed by atoms with Gasteiger partial charge in [0.15, 0.2) is 0 Å². The van der Waals surface area contributed by atoms with E-state index in [2.05, 4.69) is 11.1 Å². The fourth-order valence-corrected chi connectivity index (χ4v) is 2.69. The lowest BCUT2D eigenvalue weighted by atomic mass is 10.1. The van der Waals surface area contributed by atoms with Crippen molar-refractivity contribution in [3.63, 3.8) is 0 Å². The molecule has 0 saturated heterocycles. The monoisotopic (exact) mass is 242 g/mol. The summed E-state index contributed by atoms with van der Waals surface area (Å²) in [5.41, 5.74) is 3.23. The highest BCUT2D eigenvalue weighted by Gasteiger charge is 2.23. The van der Waals surface area contributed by atoms with Gasteiger partial charge in [-0.3, -0.25) is 0 Å². The van der Waals surface area contributed by atoms with E-state index >= 15 is 0 Å². The zero-order valence-corrected chi connectivity index (χ0v) is 9.91. The quantitative estimate of drug-likeness (QED) is 0.813. The Morgan fingerprint density at radius 3 is 3.00 bits per heavy atom. The highest BCUT2D eigenvalue weighted by Crippen LogP contribution is 2.27. The predicted molar refractivity (Wildman–Crippen MR) is 65.1 cm³/mol. The number of rotatable bonds is 2. The summed E-state index contributed by atoms with van der Waals surface area (Å²) in [5, 5.41) is 11.5. The van der Waals surface area contributed by atoms with Gasteiger partial charge in [-0.05, 0) is 23.3 Å². The maximum Gasteiger partial charge on any atom is 0.273 e. The molecule has 1 heterocycles. The van der Waals surface area contributed by atoms with E-state index in [9.17, 15) is 0 Å². The number of hydrogen-bond acceptors (Lipinski definition) is 4. The van der Waals surface area contributed by atoms with Crippen molar-refractivity contribution < 1.29 is 4.74 Å². The third kappa shape index (κ3) is 2.02. The van der Waals surface area contributed by atoms with Crippen LogP contribution in [0.25, 0.3) is 0 Å². The molecule has 1 aliphatic carbocycles. The molecule has 1 unspecified atom stereocenters. The Labute approximate surface area is 103 Å². The topological polar surface area (TPSA) is 45.9 Å². The second kappa shape index (κ2) is 4.19. The number of aromatic nitrogens is 1. The molecule has 0 amide bonds. The largest absolute Gasteiger partial charge is 0.466 e. The van der Waals surface area contributed by atoms with Crippen LogP contribution in [0, 0.1) is 11.3 Å². The number of ether oxygens (including phenoxy) is 1. The highest BCUT2D eigenvalue weighted by molar-refractivity contribution is 7.11. The summed E-state index contributed by atoms with van der Waals surface area (Å²) >= 11 is 1.51. The normalized spacial score (nSPS) is 17.5. The predicted octanol–water partition coefficient (Wildman–Crippen LogP) is 2.56. The summed E-state index contributed by atoms with van der Waals surface area (Å²) in [6.07, 6.45) is 3.67. The first-order chi connectivity index (χ1) is 8.35. The fourth-order valence-electron chi connectivity index (χ4n) is 2.14. The number of nitrogens with zero attached hydrogens (tertiary/aromatic N) is 2. The van der Waals surface area contributed by atoms with Gasteiger partial charge in [0.1, 0.15) is 6.10 Å². The van der Waals surface area contributed by atoms with Crippen molar-refractivity contribution in [2.24, 2.45) is 0 Å². The van der Waals surface area contributed by atoms with Crippen molar-refractivity contribution in [1.29, 1.82) is 5.26 Å². The molecule has 3 nitrogen and oxygen atoms in total. The first-order valence-electron chi connectivity index (χ1n) is 5.43. The van der Waals surface area contributed by atoms with Gasteiger partial charge in [0, 0.05) is 24.4 Å². The smallest absolute Gasteiger partial charge is 0.273 e. The molecule has 0 N–H and O–H groups in total. The van der Waals surface area contributed by atoms with E-state index in [4.69, 9.17) is 10.00 Å². The van der Waals surface area contributed by atoms with Crippen molar-refractivity contribution in [3.05, 3.63) is 46.5 Å². The maximum atomic E-state index is 8.85. The Balaban J connectivity index is 1.77. The average molecular weight is 242 g/mol. The molecule has 1 aromatic heterocycles. The molecule has 3 rings (SSSR count). The number of fused-ring (bicyclic) bond motifs is 1. The van der Waals surface area contributed by atoms with Gasteiger partial charge >= 0.3 is 0 Å². The Morgan fingerprint density at radius 2 is 2.24 bits per heavy atom. The van der Waals surface area contributed by atoms with Crippen LogP contribution in [0.5, 0.6) is 5.19 Å². The van der Waals surface area contributed by atoms with Crippen LogP contribution in [0.15, 0.2) is 29.8 Å². The Morgan fingerprint density at radius 1 is 1.35 bits per heavy atom. The van der Waals surface area contributed by atoms with E-state index in [0.717, 1.165) is 23.6 Å². The summed E-state index contributed by atoms with van der Waals surface area (Å²) in [6.45, 7) is 0. The third-order valence-corrected chi connectivity index (χ3v) is 3.57. The molecule has 1 aromatic carbocycles. The molecule has 1 atom stereocenters. The molecule has 0 spiro atoms. The maximum absolute atomic E-state index is 8.85. The molecule has 1 aliphatic rings. The zero-order valence-electron chi connectivity index (χ0n) is 9.09. The van der Waals surface area contributed by atoms with Crippen molar-refractivity contribution in [3.8, 4) is 11.3 Å². The minimum Gasteiger partial charge on any atom is -0.466 e. The van der Waals surface area contributed by atoms with E-state index in [-0.39, 0.29) is 6.10 Å². The summed E-state index contributed by atoms with van der Waals surface area (Å²) in [5.74, 6) is 0. The summed E-state index contributed by atoms with van der Waals surface area (Å²) in [7, 11) is 0. The third-order valence-electron chi connectivity index (χ3n) is 2.91. The summed E-state index contributed by atoms with van der Waals surface area (Å²) in [6, 6.07) is 8.02. The summed E-state index contributed by atoms with van der Waals surface area (Å²) < 4.78 is 5.80. The Bertz CT molecular complexity index is 572. The second-order valence-corrected chi connectivity index (χ2v) is 4.90. The Kier molecular flexibility index (Phi) is 2.54. The number of hydrogen-bond donors (Lipinski definition) is 0. The van der Waals surface area contributed by atoms with Crippen LogP contribution >= 0.6 is 11.3 Å². The molecule has 2 aromatic rings. The molecular weight excluding hydrogens is 232 g/mol. The standard InChI is InChI=1S/C13H10N2OS/c14-8-9-1-2-10-6-12(7-11(10)5-9)16-13-15-3-4-17-13/h1-5,12H,6-7H2. The van der Waals surface area contributed by atoms with Crippen LogP contribution in [-0.4, -0.2) is 11.1 Å². The molecule has 0 aliphatic heterocycles. The zero-order chi connectivity index (χ0) is 11.7. The highest BCUT2D eigenvalue weighted by atomic mass is 32.1. The van der Waals surface area contributed by atoms with E-state index in [1.165, 1.54) is 22.5 Å². The first kappa shape index (κ1) is 10.3. The van der Waals surface area contributed by atoms with Gasteiger partial charge in [0.2, 0.25) is 0 Å². The van der Waals surface area contributed by atoms with Gasteiger partial charge in [0.25, 0.3) is 5.19 Å². The lowest BCUT2D eigenvalue weighted by Gasteiger charge is -2.08. The molecule has 17 heavy (non-hydrogen) atoms. The van der Waals surface area contributed by atoms with Crippen LogP contribution in [-0.2, 0) is 12.8 Å². The number of benzene rings is 1. The van der Waals surface area contributed by atoms with Crippen LogP contribution in [0.3, 0.4) is 0 Å². The SMILES string of the molecule is N#Cc1ccc2c(c1)CC(Oc1nccs1)C2. The molecule has 0 saturated carbocycles. The molecule has 0 fully saturated rings. The van der Waals surface area contributed by atoms with Gasteiger partial charge in [-0.15, -0.1) is 0 Å². The average Bonchev–Trinajstić information content (AvgIpc) is 2.96. The molecule has 0 bridgehead atoms. The van der Waals surface area contributed by atoms with E-state index < -0.39 is 0 Å². The van der Waals surface area contributed by atoms with Crippen molar-refractivity contribution in [2.45, 2.75) is 18.9 Å². The second-order valence-electron chi connectivity index (χ2n) is 4.04. The van der Waals surface area contributed by atoms with Crippen LogP contribution in [0.2, 0.25) is 0 Å². The summed E-state index contributed by atoms with van der Waals surface area (Å²) in [4.78, 5) is 4.12.